The molecule has 0 aliphatic carbocycles. The Morgan fingerprint density at radius 1 is 0.470 bits per heavy atom. The molecular formula is C54H80O9S3. The lowest BCUT2D eigenvalue weighted by atomic mass is 9.83. The van der Waals surface area contributed by atoms with Crippen molar-refractivity contribution in [2.75, 3.05) is 47.7 Å². The van der Waals surface area contributed by atoms with Crippen molar-refractivity contribution in [2.45, 2.75) is 163 Å². The highest BCUT2D eigenvalue weighted by Gasteiger charge is 2.24. The zero-order chi connectivity index (χ0) is 49.2. The quantitative estimate of drug-likeness (QED) is 0.0401. The van der Waals surface area contributed by atoms with Gasteiger partial charge < -0.3 is 29.5 Å². The normalized spacial score (nSPS) is 12.1. The minimum Gasteiger partial charge on any atom is -0.507 e. The predicted octanol–water partition coefficient (Wildman–Crippen LogP) is 12.2. The van der Waals surface area contributed by atoms with Crippen LogP contribution in [0.1, 0.15) is 151 Å². The second-order valence-corrected chi connectivity index (χ2v) is 24.3. The van der Waals surface area contributed by atoms with E-state index in [4.69, 9.17) is 14.2 Å². The first-order valence-electron chi connectivity index (χ1n) is 23.6. The fourth-order valence-electron chi connectivity index (χ4n) is 7.59. The number of phenols is 3. The summed E-state index contributed by atoms with van der Waals surface area (Å²) in [5.74, 6) is 3.90. The number of benzene rings is 3. The van der Waals surface area contributed by atoms with Gasteiger partial charge in [-0.1, -0.05) is 115 Å². The highest BCUT2D eigenvalue weighted by molar-refractivity contribution is 7.99. The molecule has 0 bridgehead atoms. The summed E-state index contributed by atoms with van der Waals surface area (Å²) in [5.41, 5.74) is 8.56. The second kappa shape index (κ2) is 26.9. The monoisotopic (exact) mass is 968 g/mol. The molecule has 9 nitrogen and oxygen atoms in total. The Bertz CT molecular complexity index is 1940. The molecule has 3 N–H and O–H groups in total. The summed E-state index contributed by atoms with van der Waals surface area (Å²) in [7, 11) is 0. The van der Waals surface area contributed by atoms with Gasteiger partial charge in [0.2, 0.25) is 0 Å². The lowest BCUT2D eigenvalue weighted by Crippen LogP contribution is -2.31. The smallest absolute Gasteiger partial charge is 0.307 e. The number of carbonyl (C=O) groups excluding carboxylic acids is 3. The molecule has 12 heteroatoms. The predicted molar refractivity (Wildman–Crippen MR) is 277 cm³/mol. The molecule has 0 saturated heterocycles. The van der Waals surface area contributed by atoms with Gasteiger partial charge in [-0.3, -0.25) is 14.4 Å². The number of phenolic OH excluding ortho intramolecular Hbond substituents is 3. The highest BCUT2D eigenvalue weighted by Crippen LogP contribution is 2.37. The Balaban J connectivity index is 1.45. The largest absolute Gasteiger partial charge is 0.507 e. The molecule has 0 saturated carbocycles. The van der Waals surface area contributed by atoms with Gasteiger partial charge in [-0.15, -0.1) is 0 Å². The topological polar surface area (TPSA) is 140 Å². The van der Waals surface area contributed by atoms with Gasteiger partial charge >= 0.3 is 17.9 Å². The maximum absolute atomic E-state index is 13.0. The number of rotatable bonds is 26. The fraction of sp³-hybridized carbons (Fsp3) is 0.611. The zero-order valence-corrected chi connectivity index (χ0v) is 44.5. The maximum atomic E-state index is 13.0. The molecule has 0 aromatic heterocycles. The third-order valence-corrected chi connectivity index (χ3v) is 14.3. The summed E-state index contributed by atoms with van der Waals surface area (Å²) in [5, 5.41) is 32.7. The SMILES string of the molecule is Cc1cc(CCCSCCC(=O)OCC(COC(=O)CCSCCCc2cc(C)cc(C(C)(C)C)c2O)OC(=O)CCSCCCc2cc(C)cc(C(C)(C)C)c2O)c(O)c(C(C)(C)C)c1. The van der Waals surface area contributed by atoms with Crippen molar-refractivity contribution < 1.29 is 43.9 Å². The summed E-state index contributed by atoms with van der Waals surface area (Å²) in [6.07, 6.45) is 4.34. The molecule has 0 heterocycles. The molecule has 3 aromatic carbocycles. The van der Waals surface area contributed by atoms with Crippen LogP contribution in [0.4, 0.5) is 0 Å². The van der Waals surface area contributed by atoms with E-state index in [1.165, 1.54) is 0 Å². The first-order valence-corrected chi connectivity index (χ1v) is 27.1. The number of thioether (sulfide) groups is 3. The molecule has 0 unspecified atom stereocenters. The van der Waals surface area contributed by atoms with Crippen molar-refractivity contribution in [3.8, 4) is 17.2 Å². The minimum atomic E-state index is -0.933. The highest BCUT2D eigenvalue weighted by atomic mass is 32.2. The van der Waals surface area contributed by atoms with E-state index in [1.807, 2.05) is 57.2 Å². The van der Waals surface area contributed by atoms with Crippen LogP contribution in [0.25, 0.3) is 0 Å². The zero-order valence-electron chi connectivity index (χ0n) is 42.1. The van der Waals surface area contributed by atoms with Crippen LogP contribution in [-0.2, 0) is 64.1 Å². The number of esters is 3. The van der Waals surface area contributed by atoms with Crippen molar-refractivity contribution in [1.29, 1.82) is 0 Å². The van der Waals surface area contributed by atoms with Gasteiger partial charge in [0.1, 0.15) is 30.5 Å². The van der Waals surface area contributed by atoms with E-state index < -0.39 is 24.0 Å². The number of carbonyl (C=O) groups is 3. The van der Waals surface area contributed by atoms with Crippen LogP contribution in [0, 0.1) is 20.8 Å². The lowest BCUT2D eigenvalue weighted by Gasteiger charge is -2.23. The van der Waals surface area contributed by atoms with Crippen LogP contribution >= 0.6 is 35.3 Å². The van der Waals surface area contributed by atoms with Crippen LogP contribution in [0.15, 0.2) is 36.4 Å². The molecule has 368 valence electrons. The molecule has 0 aliphatic rings. The summed E-state index contributed by atoms with van der Waals surface area (Å²) < 4.78 is 16.8. The van der Waals surface area contributed by atoms with Crippen molar-refractivity contribution >= 4 is 53.2 Å². The third kappa shape index (κ3) is 20.0. The fourth-order valence-corrected chi connectivity index (χ4v) is 10.2. The maximum Gasteiger partial charge on any atom is 0.307 e. The number of aromatic hydroxyl groups is 3. The number of hydrogen-bond donors (Lipinski definition) is 3. The van der Waals surface area contributed by atoms with Crippen LogP contribution < -0.4 is 0 Å². The molecule has 0 amide bonds. The van der Waals surface area contributed by atoms with Crippen LogP contribution in [0.2, 0.25) is 0 Å². The van der Waals surface area contributed by atoms with Gasteiger partial charge in [0.15, 0.2) is 6.10 Å². The van der Waals surface area contributed by atoms with Crippen LogP contribution in [-0.4, -0.2) is 87.1 Å². The van der Waals surface area contributed by atoms with E-state index in [-0.39, 0.29) is 48.7 Å². The molecule has 66 heavy (non-hydrogen) atoms. The summed E-state index contributed by atoms with van der Waals surface area (Å²) in [6.45, 7) is 24.6. The number of ether oxygens (including phenoxy) is 3. The van der Waals surface area contributed by atoms with E-state index in [1.54, 1.807) is 35.3 Å². The molecule has 0 radical (unpaired) electrons. The second-order valence-electron chi connectivity index (χ2n) is 20.6. The van der Waals surface area contributed by atoms with Crippen molar-refractivity contribution in [3.63, 3.8) is 0 Å². The van der Waals surface area contributed by atoms with Crippen LogP contribution in [0.5, 0.6) is 17.2 Å². The van der Waals surface area contributed by atoms with E-state index in [9.17, 15) is 29.7 Å². The van der Waals surface area contributed by atoms with Crippen molar-refractivity contribution in [2.24, 2.45) is 0 Å². The summed E-state index contributed by atoms with van der Waals surface area (Å²) >= 11 is 4.92. The van der Waals surface area contributed by atoms with Gasteiger partial charge in [-0.2, -0.15) is 35.3 Å². The molecule has 0 aliphatic heterocycles. The van der Waals surface area contributed by atoms with Crippen molar-refractivity contribution in [3.05, 3.63) is 86.5 Å². The summed E-state index contributed by atoms with van der Waals surface area (Å²) in [4.78, 5) is 38.6. The molecule has 0 spiro atoms. The molecule has 0 atom stereocenters. The Morgan fingerprint density at radius 2 is 0.758 bits per heavy atom. The number of hydrogen-bond acceptors (Lipinski definition) is 12. The average molecular weight is 969 g/mol. The van der Waals surface area contributed by atoms with Gasteiger partial charge in [0.05, 0.1) is 19.3 Å². The Kier molecular flexibility index (Phi) is 23.2. The lowest BCUT2D eigenvalue weighted by molar-refractivity contribution is -0.166. The van der Waals surface area contributed by atoms with E-state index in [0.717, 1.165) is 106 Å². The molecular weight excluding hydrogens is 889 g/mol. The Labute approximate surface area is 409 Å². The Hall–Kier alpha value is -3.48. The molecule has 3 rings (SSSR count). The van der Waals surface area contributed by atoms with E-state index >= 15 is 0 Å². The van der Waals surface area contributed by atoms with E-state index in [0.29, 0.717) is 34.5 Å². The standard InChI is InChI=1S/C54H80O9S3/c1-36-28-39(49(58)43(31-36)52(4,5)6)16-13-22-64-25-19-46(55)61-34-42(63-48(57)21-27-66-24-15-18-41-30-38(3)33-45(51(41)60)54(10,11)12)35-62-47(56)20-26-65-23-14-17-40-29-37(2)32-44(50(40)59)53(7,8)9/h28-33,42,58-60H,13-27,34-35H2,1-12H3. The first-order chi connectivity index (χ1) is 30.9. The molecule has 3 aromatic rings. The van der Waals surface area contributed by atoms with Crippen LogP contribution in [0.3, 0.4) is 0 Å². The van der Waals surface area contributed by atoms with Gasteiger partial charge in [0.25, 0.3) is 0 Å². The van der Waals surface area contributed by atoms with Gasteiger partial charge in [0, 0.05) is 17.3 Å². The van der Waals surface area contributed by atoms with E-state index in [2.05, 4.69) is 62.3 Å². The minimum absolute atomic E-state index is 0.149. The Morgan fingerprint density at radius 3 is 1.05 bits per heavy atom. The van der Waals surface area contributed by atoms with Gasteiger partial charge in [-0.25, -0.2) is 0 Å². The summed E-state index contributed by atoms with van der Waals surface area (Å²) in [6, 6.07) is 12.3. The molecule has 0 fully saturated rings. The van der Waals surface area contributed by atoms with Gasteiger partial charge in [-0.05, 0) is 126 Å². The average Bonchev–Trinajstić information content (AvgIpc) is 3.21. The van der Waals surface area contributed by atoms with Crippen molar-refractivity contribution in [1.82, 2.24) is 0 Å². The third-order valence-electron chi connectivity index (χ3n) is 11.1. The number of aryl methyl sites for hydroxylation is 6. The first kappa shape index (κ1) is 56.8.